The highest BCUT2D eigenvalue weighted by Gasteiger charge is 2.17. The minimum absolute atomic E-state index is 0.0413. The molecule has 1 aliphatic rings. The number of carbonyl (C=O) groups is 2. The van der Waals surface area contributed by atoms with E-state index in [9.17, 15) is 14.0 Å². The van der Waals surface area contributed by atoms with Gasteiger partial charge in [0.1, 0.15) is 11.6 Å². The van der Waals surface area contributed by atoms with E-state index in [1.165, 1.54) is 17.7 Å². The first kappa shape index (κ1) is 24.8. The van der Waals surface area contributed by atoms with E-state index in [1.807, 2.05) is 12.1 Å². The van der Waals surface area contributed by atoms with Crippen LogP contribution in [-0.2, 0) is 19.5 Å². The molecule has 0 spiro atoms. The Labute approximate surface area is 208 Å². The lowest BCUT2D eigenvalue weighted by atomic mass is 10.1. The standard InChI is InChI=1S/C27H28FN5O3/c28-21-9-3-5-18(15-21)12-14-30-25-22(10-11-23(33-25)19-6-1-2-7-19)26(34)31-16-20-8-4-13-29-24(20)17-32-27(35)36/h3-6,8-11,13,15,32H,1-2,7,12,14,16-17H2,(H,30,33)(H,31,34)(H,35,36). The van der Waals surface area contributed by atoms with Gasteiger partial charge in [-0.15, -0.1) is 0 Å². The molecule has 0 saturated carbocycles. The average molecular weight is 490 g/mol. The molecule has 9 heteroatoms. The summed E-state index contributed by atoms with van der Waals surface area (Å²) in [7, 11) is 0. The van der Waals surface area contributed by atoms with Gasteiger partial charge in [-0.1, -0.05) is 24.3 Å². The molecule has 0 radical (unpaired) electrons. The fourth-order valence-electron chi connectivity index (χ4n) is 4.10. The van der Waals surface area contributed by atoms with Crippen LogP contribution in [-0.4, -0.2) is 33.6 Å². The predicted octanol–water partition coefficient (Wildman–Crippen LogP) is 4.54. The molecule has 4 rings (SSSR count). The number of aromatic nitrogens is 2. The van der Waals surface area contributed by atoms with Crippen molar-refractivity contribution in [2.75, 3.05) is 11.9 Å². The largest absolute Gasteiger partial charge is 0.465 e. The van der Waals surface area contributed by atoms with E-state index in [2.05, 4.69) is 27.0 Å². The highest BCUT2D eigenvalue weighted by atomic mass is 19.1. The predicted molar refractivity (Wildman–Crippen MR) is 135 cm³/mol. The van der Waals surface area contributed by atoms with Gasteiger partial charge in [0.05, 0.1) is 23.5 Å². The van der Waals surface area contributed by atoms with Crippen molar-refractivity contribution in [2.24, 2.45) is 0 Å². The van der Waals surface area contributed by atoms with Crippen molar-refractivity contribution in [3.8, 4) is 0 Å². The molecule has 2 aromatic heterocycles. The Morgan fingerprint density at radius 1 is 1.06 bits per heavy atom. The summed E-state index contributed by atoms with van der Waals surface area (Å²) in [4.78, 5) is 32.9. The number of halogens is 1. The lowest BCUT2D eigenvalue weighted by Crippen LogP contribution is -2.27. The number of carboxylic acid groups (broad SMARTS) is 1. The van der Waals surface area contributed by atoms with Crippen LogP contribution in [0.15, 0.2) is 60.8 Å². The van der Waals surface area contributed by atoms with Crippen molar-refractivity contribution in [3.63, 3.8) is 0 Å². The third-order valence-corrected chi connectivity index (χ3v) is 5.94. The lowest BCUT2D eigenvalue weighted by Gasteiger charge is -2.14. The Balaban J connectivity index is 1.48. The summed E-state index contributed by atoms with van der Waals surface area (Å²) < 4.78 is 13.5. The molecule has 0 fully saturated rings. The van der Waals surface area contributed by atoms with Crippen LogP contribution in [0.25, 0.3) is 5.57 Å². The van der Waals surface area contributed by atoms with E-state index in [0.29, 0.717) is 35.6 Å². The van der Waals surface area contributed by atoms with Crippen molar-refractivity contribution in [1.82, 2.24) is 20.6 Å². The van der Waals surface area contributed by atoms with E-state index >= 15 is 0 Å². The molecule has 0 aliphatic heterocycles. The summed E-state index contributed by atoms with van der Waals surface area (Å²) in [5.74, 6) is -0.133. The second-order valence-corrected chi connectivity index (χ2v) is 8.47. The van der Waals surface area contributed by atoms with Gasteiger partial charge in [-0.2, -0.15) is 0 Å². The number of pyridine rings is 2. The summed E-state index contributed by atoms with van der Waals surface area (Å²) in [6.45, 7) is 0.700. The first-order valence-electron chi connectivity index (χ1n) is 11.9. The Bertz CT molecular complexity index is 1280. The highest BCUT2D eigenvalue weighted by molar-refractivity contribution is 5.99. The Hall–Kier alpha value is -4.27. The van der Waals surface area contributed by atoms with Gasteiger partial charge in [0, 0.05) is 19.3 Å². The van der Waals surface area contributed by atoms with Crippen molar-refractivity contribution in [1.29, 1.82) is 0 Å². The van der Waals surface area contributed by atoms with E-state index < -0.39 is 6.09 Å². The Morgan fingerprint density at radius 3 is 2.72 bits per heavy atom. The number of benzene rings is 1. The molecule has 1 aliphatic carbocycles. The summed E-state index contributed by atoms with van der Waals surface area (Å²) in [5.41, 5.74) is 4.50. The van der Waals surface area contributed by atoms with Crippen LogP contribution in [0.4, 0.5) is 15.0 Å². The molecule has 186 valence electrons. The number of amides is 2. The maximum atomic E-state index is 13.5. The van der Waals surface area contributed by atoms with Gasteiger partial charge in [-0.3, -0.25) is 9.78 Å². The van der Waals surface area contributed by atoms with E-state index in [4.69, 9.17) is 10.1 Å². The maximum absolute atomic E-state index is 13.5. The second kappa shape index (κ2) is 11.9. The minimum Gasteiger partial charge on any atom is -0.465 e. The average Bonchev–Trinajstić information content (AvgIpc) is 3.42. The van der Waals surface area contributed by atoms with Crippen LogP contribution in [0.3, 0.4) is 0 Å². The summed E-state index contributed by atoms with van der Waals surface area (Å²) in [5, 5.41) is 17.3. The molecule has 0 atom stereocenters. The first-order chi connectivity index (χ1) is 17.5. The van der Waals surface area contributed by atoms with Gasteiger partial charge in [0.15, 0.2) is 0 Å². The number of allylic oxidation sites excluding steroid dienone is 2. The van der Waals surface area contributed by atoms with Gasteiger partial charge in [-0.05, 0) is 72.7 Å². The third kappa shape index (κ3) is 6.65. The molecule has 3 aromatic rings. The zero-order chi connectivity index (χ0) is 25.3. The molecule has 1 aromatic carbocycles. The molecule has 0 unspecified atom stereocenters. The zero-order valence-corrected chi connectivity index (χ0v) is 19.8. The Kier molecular flexibility index (Phi) is 8.23. The van der Waals surface area contributed by atoms with Crippen LogP contribution in [0.1, 0.15) is 52.1 Å². The zero-order valence-electron chi connectivity index (χ0n) is 19.8. The minimum atomic E-state index is -1.15. The molecule has 0 saturated heterocycles. The number of carbonyl (C=O) groups excluding carboxylic acids is 1. The van der Waals surface area contributed by atoms with Gasteiger partial charge in [-0.25, -0.2) is 14.2 Å². The quantitative estimate of drug-likeness (QED) is 0.332. The number of hydrogen-bond acceptors (Lipinski definition) is 5. The first-order valence-corrected chi connectivity index (χ1v) is 11.9. The second-order valence-electron chi connectivity index (χ2n) is 8.47. The summed E-state index contributed by atoms with van der Waals surface area (Å²) >= 11 is 0. The summed E-state index contributed by atoms with van der Waals surface area (Å²) in [6, 6.07) is 13.6. The van der Waals surface area contributed by atoms with Gasteiger partial charge in [0.2, 0.25) is 0 Å². The van der Waals surface area contributed by atoms with Crippen LogP contribution in [0, 0.1) is 5.82 Å². The Morgan fingerprint density at radius 2 is 1.94 bits per heavy atom. The molecule has 2 amide bonds. The van der Waals surface area contributed by atoms with E-state index in [1.54, 1.807) is 30.5 Å². The van der Waals surface area contributed by atoms with Crippen LogP contribution in [0.2, 0.25) is 0 Å². The summed E-state index contributed by atoms with van der Waals surface area (Å²) in [6.07, 6.45) is 6.24. The van der Waals surface area contributed by atoms with Crippen molar-refractivity contribution < 1.29 is 19.1 Å². The number of anilines is 1. The van der Waals surface area contributed by atoms with Gasteiger partial charge in [0.25, 0.3) is 5.91 Å². The molecule has 4 N–H and O–H groups in total. The molecule has 2 heterocycles. The van der Waals surface area contributed by atoms with Crippen molar-refractivity contribution in [3.05, 3.63) is 94.7 Å². The normalized spacial score (nSPS) is 12.6. The molecule has 8 nitrogen and oxygen atoms in total. The van der Waals surface area contributed by atoms with Gasteiger partial charge < -0.3 is 21.1 Å². The third-order valence-electron chi connectivity index (χ3n) is 5.94. The van der Waals surface area contributed by atoms with Crippen molar-refractivity contribution in [2.45, 2.75) is 38.8 Å². The number of nitrogens with one attached hydrogen (secondary N) is 3. The molecule has 0 bridgehead atoms. The lowest BCUT2D eigenvalue weighted by molar-refractivity contribution is 0.0951. The van der Waals surface area contributed by atoms with Crippen molar-refractivity contribution >= 4 is 23.4 Å². The maximum Gasteiger partial charge on any atom is 0.404 e. The number of nitrogens with zero attached hydrogens (tertiary/aromatic N) is 2. The van der Waals surface area contributed by atoms with E-state index in [-0.39, 0.29) is 24.8 Å². The SMILES string of the molecule is O=C(O)NCc1ncccc1CNC(=O)c1ccc(C2=CCCC2)nc1NCCc1cccc(F)c1. The smallest absolute Gasteiger partial charge is 0.404 e. The molecular formula is C27H28FN5O3. The number of hydrogen-bond donors (Lipinski definition) is 4. The van der Waals surface area contributed by atoms with Crippen LogP contribution >= 0.6 is 0 Å². The fourth-order valence-corrected chi connectivity index (χ4v) is 4.10. The molecular weight excluding hydrogens is 461 g/mol. The number of rotatable bonds is 10. The van der Waals surface area contributed by atoms with E-state index in [0.717, 1.165) is 30.5 Å². The topological polar surface area (TPSA) is 116 Å². The van der Waals surface area contributed by atoms with Crippen LogP contribution < -0.4 is 16.0 Å². The molecule has 36 heavy (non-hydrogen) atoms. The van der Waals surface area contributed by atoms with Gasteiger partial charge >= 0.3 is 6.09 Å². The monoisotopic (exact) mass is 489 g/mol. The van der Waals surface area contributed by atoms with Crippen LogP contribution in [0.5, 0.6) is 0 Å². The highest BCUT2D eigenvalue weighted by Crippen LogP contribution is 2.28. The fraction of sp³-hybridized carbons (Fsp3) is 0.259.